The Morgan fingerprint density at radius 2 is 1.59 bits per heavy atom. The number of nitrogens with one attached hydrogen (secondary N) is 1. The van der Waals surface area contributed by atoms with E-state index in [4.69, 9.17) is 0 Å². The van der Waals surface area contributed by atoms with Gasteiger partial charge in [-0.05, 0) is 35.9 Å². The Morgan fingerprint density at radius 3 is 2.24 bits per heavy atom. The van der Waals surface area contributed by atoms with Crippen molar-refractivity contribution < 1.29 is 4.79 Å². The first kappa shape index (κ1) is 11.0. The molecule has 0 aliphatic rings. The molecule has 4 nitrogen and oxygen atoms in total. The molecule has 0 aliphatic heterocycles. The van der Waals surface area contributed by atoms with Gasteiger partial charge in [-0.1, -0.05) is 0 Å². The first-order valence-corrected chi connectivity index (χ1v) is 5.14. The number of anilines is 1. The molecule has 0 radical (unpaired) electrons. The van der Waals surface area contributed by atoms with Gasteiger partial charge in [0.1, 0.15) is 0 Å². The van der Waals surface area contributed by atoms with Crippen LogP contribution in [0.1, 0.15) is 5.56 Å². The van der Waals surface area contributed by atoms with Crippen LogP contribution in [0.4, 0.5) is 5.69 Å². The summed E-state index contributed by atoms with van der Waals surface area (Å²) < 4.78 is 0. The van der Waals surface area contributed by atoms with Gasteiger partial charge in [-0.3, -0.25) is 14.8 Å². The summed E-state index contributed by atoms with van der Waals surface area (Å²) in [6, 6.07) is 7.13. The number of nitrogens with zero attached hydrogens (tertiary/aromatic N) is 2. The molecule has 0 unspecified atom stereocenters. The van der Waals surface area contributed by atoms with Gasteiger partial charge in [0, 0.05) is 36.6 Å². The number of pyridine rings is 2. The third-order valence-electron chi connectivity index (χ3n) is 2.08. The van der Waals surface area contributed by atoms with Crippen LogP contribution in [0.3, 0.4) is 0 Å². The van der Waals surface area contributed by atoms with Crippen LogP contribution in [0.15, 0.2) is 55.1 Å². The molecule has 0 fully saturated rings. The SMILES string of the molecule is O=C(/C=C/c1ccncc1)Nc1ccncc1. The van der Waals surface area contributed by atoms with E-state index in [1.54, 1.807) is 43.0 Å². The number of hydrogen-bond acceptors (Lipinski definition) is 3. The minimum absolute atomic E-state index is 0.173. The largest absolute Gasteiger partial charge is 0.322 e. The molecule has 0 aromatic carbocycles. The second kappa shape index (κ2) is 5.55. The van der Waals surface area contributed by atoms with Crippen molar-refractivity contribution in [2.24, 2.45) is 0 Å². The predicted molar refractivity (Wildman–Crippen MR) is 66.1 cm³/mol. The third kappa shape index (κ3) is 3.53. The van der Waals surface area contributed by atoms with Crippen molar-refractivity contribution in [2.75, 3.05) is 5.32 Å². The number of carbonyl (C=O) groups is 1. The molecule has 4 heteroatoms. The molecule has 0 saturated heterocycles. The topological polar surface area (TPSA) is 54.9 Å². The molecule has 1 amide bonds. The summed E-state index contributed by atoms with van der Waals surface area (Å²) in [7, 11) is 0. The maximum atomic E-state index is 11.6. The highest BCUT2D eigenvalue weighted by Crippen LogP contribution is 2.04. The molecule has 84 valence electrons. The average Bonchev–Trinajstić information content (AvgIpc) is 2.39. The van der Waals surface area contributed by atoms with Crippen molar-refractivity contribution in [2.45, 2.75) is 0 Å². The van der Waals surface area contributed by atoms with Crippen LogP contribution in [0.5, 0.6) is 0 Å². The van der Waals surface area contributed by atoms with Gasteiger partial charge in [-0.15, -0.1) is 0 Å². The normalized spacial score (nSPS) is 10.4. The second-order valence-electron chi connectivity index (χ2n) is 3.34. The molecule has 1 N–H and O–H groups in total. The Hall–Kier alpha value is -2.49. The van der Waals surface area contributed by atoms with Crippen molar-refractivity contribution in [3.05, 3.63) is 60.7 Å². The summed E-state index contributed by atoms with van der Waals surface area (Å²) in [5.41, 5.74) is 1.66. The standard InChI is InChI=1S/C13H11N3O/c17-13(16-12-5-9-15-10-6-12)2-1-11-3-7-14-8-4-11/h1-10H,(H,15,16,17)/b2-1+. The zero-order valence-electron chi connectivity index (χ0n) is 9.08. The minimum atomic E-state index is -0.173. The summed E-state index contributed by atoms with van der Waals surface area (Å²) in [5, 5.41) is 2.73. The molecular formula is C13H11N3O. The Morgan fingerprint density at radius 1 is 1.00 bits per heavy atom. The maximum Gasteiger partial charge on any atom is 0.248 e. The van der Waals surface area contributed by atoms with Crippen molar-refractivity contribution >= 4 is 17.7 Å². The fourth-order valence-corrected chi connectivity index (χ4v) is 1.27. The lowest BCUT2D eigenvalue weighted by atomic mass is 10.2. The molecular weight excluding hydrogens is 214 g/mol. The highest BCUT2D eigenvalue weighted by molar-refractivity contribution is 6.01. The van der Waals surface area contributed by atoms with Gasteiger partial charge in [0.15, 0.2) is 0 Å². The third-order valence-corrected chi connectivity index (χ3v) is 2.08. The molecule has 0 atom stereocenters. The van der Waals surface area contributed by atoms with E-state index in [2.05, 4.69) is 15.3 Å². The monoisotopic (exact) mass is 225 g/mol. The highest BCUT2D eigenvalue weighted by atomic mass is 16.1. The van der Waals surface area contributed by atoms with Gasteiger partial charge in [-0.25, -0.2) is 0 Å². The van der Waals surface area contributed by atoms with Crippen molar-refractivity contribution in [3.63, 3.8) is 0 Å². The van der Waals surface area contributed by atoms with Crippen LogP contribution in [-0.4, -0.2) is 15.9 Å². The van der Waals surface area contributed by atoms with E-state index in [0.717, 1.165) is 11.3 Å². The molecule has 2 aromatic heterocycles. The van der Waals surface area contributed by atoms with Gasteiger partial charge >= 0.3 is 0 Å². The summed E-state index contributed by atoms with van der Waals surface area (Å²) in [6.07, 6.45) is 9.83. The van der Waals surface area contributed by atoms with Gasteiger partial charge in [-0.2, -0.15) is 0 Å². The molecule has 0 saturated carbocycles. The van der Waals surface area contributed by atoms with Gasteiger partial charge in [0.2, 0.25) is 5.91 Å². The van der Waals surface area contributed by atoms with E-state index < -0.39 is 0 Å². The number of carbonyl (C=O) groups excluding carboxylic acids is 1. The quantitative estimate of drug-likeness (QED) is 0.814. The molecule has 2 rings (SSSR count). The Balaban J connectivity index is 1.96. The van der Waals surface area contributed by atoms with Gasteiger partial charge in [0.05, 0.1) is 0 Å². The number of aromatic nitrogens is 2. The van der Waals surface area contributed by atoms with Crippen LogP contribution in [0, 0.1) is 0 Å². The molecule has 17 heavy (non-hydrogen) atoms. The van der Waals surface area contributed by atoms with E-state index in [0.29, 0.717) is 0 Å². The lowest BCUT2D eigenvalue weighted by Crippen LogP contribution is -2.07. The molecule has 0 spiro atoms. The summed E-state index contributed by atoms with van der Waals surface area (Å²) in [5.74, 6) is -0.173. The maximum absolute atomic E-state index is 11.6. The number of amides is 1. The summed E-state index contributed by atoms with van der Waals surface area (Å²) >= 11 is 0. The van der Waals surface area contributed by atoms with Crippen molar-refractivity contribution in [1.82, 2.24) is 9.97 Å². The lowest BCUT2D eigenvalue weighted by molar-refractivity contribution is -0.111. The molecule has 2 heterocycles. The second-order valence-corrected chi connectivity index (χ2v) is 3.34. The average molecular weight is 225 g/mol. The highest BCUT2D eigenvalue weighted by Gasteiger charge is 1.96. The summed E-state index contributed by atoms with van der Waals surface area (Å²) in [6.45, 7) is 0. The van der Waals surface area contributed by atoms with E-state index in [9.17, 15) is 4.79 Å². The fraction of sp³-hybridized carbons (Fsp3) is 0. The predicted octanol–water partition coefficient (Wildman–Crippen LogP) is 2.13. The smallest absolute Gasteiger partial charge is 0.248 e. The van der Waals surface area contributed by atoms with Crippen LogP contribution in [0.25, 0.3) is 6.08 Å². The van der Waals surface area contributed by atoms with Crippen LogP contribution in [0.2, 0.25) is 0 Å². The Bertz CT molecular complexity index is 509. The molecule has 0 aliphatic carbocycles. The Labute approximate surface area is 99.0 Å². The minimum Gasteiger partial charge on any atom is -0.322 e. The van der Waals surface area contributed by atoms with Crippen LogP contribution >= 0.6 is 0 Å². The van der Waals surface area contributed by atoms with E-state index in [-0.39, 0.29) is 5.91 Å². The van der Waals surface area contributed by atoms with Gasteiger partial charge in [0.25, 0.3) is 0 Å². The van der Waals surface area contributed by atoms with Crippen LogP contribution in [-0.2, 0) is 4.79 Å². The Kier molecular flexibility index (Phi) is 3.60. The molecule has 0 bridgehead atoms. The number of rotatable bonds is 3. The van der Waals surface area contributed by atoms with Crippen LogP contribution < -0.4 is 5.32 Å². The van der Waals surface area contributed by atoms with E-state index in [1.165, 1.54) is 6.08 Å². The molecule has 2 aromatic rings. The zero-order valence-corrected chi connectivity index (χ0v) is 9.08. The van der Waals surface area contributed by atoms with Crippen molar-refractivity contribution in [1.29, 1.82) is 0 Å². The summed E-state index contributed by atoms with van der Waals surface area (Å²) in [4.78, 5) is 19.3. The lowest BCUT2D eigenvalue weighted by Gasteiger charge is -1.99. The zero-order chi connectivity index (χ0) is 11.9. The first-order valence-electron chi connectivity index (χ1n) is 5.14. The van der Waals surface area contributed by atoms with E-state index in [1.807, 2.05) is 12.1 Å². The van der Waals surface area contributed by atoms with E-state index >= 15 is 0 Å². The first-order chi connectivity index (χ1) is 8.34. The van der Waals surface area contributed by atoms with Gasteiger partial charge < -0.3 is 5.32 Å². The fourth-order valence-electron chi connectivity index (χ4n) is 1.27. The number of hydrogen-bond donors (Lipinski definition) is 1. The van der Waals surface area contributed by atoms with Crippen molar-refractivity contribution in [3.8, 4) is 0 Å².